The van der Waals surface area contributed by atoms with Crippen LogP contribution >= 0.6 is 0 Å². The van der Waals surface area contributed by atoms with E-state index >= 15 is 0 Å². The van der Waals surface area contributed by atoms with Crippen LogP contribution in [0.3, 0.4) is 0 Å². The minimum atomic E-state index is -0.0183. The van der Waals surface area contributed by atoms with E-state index in [1.165, 1.54) is 6.20 Å². The summed E-state index contributed by atoms with van der Waals surface area (Å²) in [6.45, 7) is 6.14. The van der Waals surface area contributed by atoms with Crippen molar-refractivity contribution in [2.75, 3.05) is 0 Å². The Bertz CT molecular complexity index is 405. The van der Waals surface area contributed by atoms with Crippen LogP contribution in [-0.4, -0.2) is 4.98 Å². The standard InChI is InChI=1S/C12H12N2/c1-12(2,3)7-6-11-5-4-10(8-13)9-14-11/h4-5,9H,1-3H3. The molecule has 0 saturated heterocycles. The van der Waals surface area contributed by atoms with Gasteiger partial charge in [-0.15, -0.1) is 0 Å². The molecule has 0 aromatic carbocycles. The van der Waals surface area contributed by atoms with Crippen molar-refractivity contribution in [1.82, 2.24) is 4.98 Å². The van der Waals surface area contributed by atoms with Crippen LogP contribution < -0.4 is 0 Å². The van der Waals surface area contributed by atoms with Crippen molar-refractivity contribution >= 4 is 0 Å². The molecule has 1 aromatic rings. The highest BCUT2D eigenvalue weighted by Crippen LogP contribution is 2.10. The number of rotatable bonds is 0. The molecule has 14 heavy (non-hydrogen) atoms. The molecule has 0 amide bonds. The maximum Gasteiger partial charge on any atom is 0.113 e. The van der Waals surface area contributed by atoms with Crippen LogP contribution in [0.4, 0.5) is 0 Å². The number of hydrogen-bond donors (Lipinski definition) is 0. The summed E-state index contributed by atoms with van der Waals surface area (Å²) >= 11 is 0. The lowest BCUT2D eigenvalue weighted by Gasteiger charge is -2.06. The molecule has 0 aliphatic heterocycles. The highest BCUT2D eigenvalue weighted by molar-refractivity contribution is 5.34. The minimum Gasteiger partial charge on any atom is -0.246 e. The van der Waals surface area contributed by atoms with Gasteiger partial charge in [0.1, 0.15) is 11.8 Å². The van der Waals surface area contributed by atoms with E-state index in [2.05, 4.69) is 16.8 Å². The van der Waals surface area contributed by atoms with Gasteiger partial charge in [0.25, 0.3) is 0 Å². The van der Waals surface area contributed by atoms with E-state index in [0.29, 0.717) is 11.3 Å². The number of pyridine rings is 1. The SMILES string of the molecule is CC(C)(C)C#Cc1ccc(C#N)cn1. The van der Waals surface area contributed by atoms with E-state index < -0.39 is 0 Å². The average Bonchev–Trinajstić information content (AvgIpc) is 2.14. The molecule has 0 radical (unpaired) electrons. The summed E-state index contributed by atoms with van der Waals surface area (Å²) in [6.07, 6.45) is 1.53. The largest absolute Gasteiger partial charge is 0.246 e. The van der Waals surface area contributed by atoms with Gasteiger partial charge in [0.15, 0.2) is 0 Å². The Kier molecular flexibility index (Phi) is 2.89. The van der Waals surface area contributed by atoms with Crippen molar-refractivity contribution in [3.8, 4) is 17.9 Å². The van der Waals surface area contributed by atoms with Crippen LogP contribution in [0.2, 0.25) is 0 Å². The third kappa shape index (κ3) is 3.29. The van der Waals surface area contributed by atoms with E-state index in [1.807, 2.05) is 26.8 Å². The van der Waals surface area contributed by atoms with Crippen molar-refractivity contribution < 1.29 is 0 Å². The first-order valence-corrected chi connectivity index (χ1v) is 4.40. The summed E-state index contributed by atoms with van der Waals surface area (Å²) in [5, 5.41) is 8.56. The van der Waals surface area contributed by atoms with Gasteiger partial charge in [-0.2, -0.15) is 5.26 Å². The van der Waals surface area contributed by atoms with Gasteiger partial charge in [-0.1, -0.05) is 5.92 Å². The topological polar surface area (TPSA) is 36.7 Å². The monoisotopic (exact) mass is 184 g/mol. The fourth-order valence-electron chi connectivity index (χ4n) is 0.785. The fourth-order valence-corrected chi connectivity index (χ4v) is 0.785. The first-order valence-electron chi connectivity index (χ1n) is 4.40. The molecule has 0 aliphatic rings. The lowest BCUT2D eigenvalue weighted by molar-refractivity contribution is 0.571. The molecular formula is C12H12N2. The summed E-state index contributed by atoms with van der Waals surface area (Å²) in [6, 6.07) is 5.50. The first kappa shape index (κ1) is 10.3. The van der Waals surface area contributed by atoms with Gasteiger partial charge in [0, 0.05) is 11.6 Å². The predicted octanol–water partition coefficient (Wildman–Crippen LogP) is 2.35. The first-order chi connectivity index (χ1) is 6.51. The molecular weight excluding hydrogens is 172 g/mol. The molecule has 0 unspecified atom stereocenters. The maximum atomic E-state index is 8.56. The molecule has 0 spiro atoms. The number of hydrogen-bond acceptors (Lipinski definition) is 2. The second kappa shape index (κ2) is 3.94. The van der Waals surface area contributed by atoms with E-state index in [4.69, 9.17) is 5.26 Å². The summed E-state index contributed by atoms with van der Waals surface area (Å²) < 4.78 is 0. The summed E-state index contributed by atoms with van der Waals surface area (Å²) in [5.74, 6) is 6.05. The minimum absolute atomic E-state index is 0.0183. The van der Waals surface area contributed by atoms with Gasteiger partial charge in [0.2, 0.25) is 0 Å². The molecule has 1 rings (SSSR count). The lowest BCUT2D eigenvalue weighted by atomic mass is 9.98. The van der Waals surface area contributed by atoms with E-state index in [0.717, 1.165) is 0 Å². The van der Waals surface area contributed by atoms with Crippen molar-refractivity contribution in [3.05, 3.63) is 29.6 Å². The van der Waals surface area contributed by atoms with E-state index in [1.54, 1.807) is 12.1 Å². The van der Waals surface area contributed by atoms with Crippen molar-refractivity contribution in [3.63, 3.8) is 0 Å². The third-order valence-electron chi connectivity index (χ3n) is 1.46. The Balaban J connectivity index is 2.89. The van der Waals surface area contributed by atoms with Crippen molar-refractivity contribution in [2.45, 2.75) is 20.8 Å². The summed E-state index contributed by atoms with van der Waals surface area (Å²) in [4.78, 5) is 4.06. The van der Waals surface area contributed by atoms with Gasteiger partial charge >= 0.3 is 0 Å². The molecule has 0 fully saturated rings. The summed E-state index contributed by atoms with van der Waals surface area (Å²) in [7, 11) is 0. The Labute approximate surface area is 84.6 Å². The molecule has 0 bridgehead atoms. The average molecular weight is 184 g/mol. The molecule has 0 N–H and O–H groups in total. The number of nitriles is 1. The van der Waals surface area contributed by atoms with Gasteiger partial charge < -0.3 is 0 Å². The van der Waals surface area contributed by atoms with Gasteiger partial charge in [-0.25, -0.2) is 4.98 Å². The highest BCUT2D eigenvalue weighted by Gasteiger charge is 2.03. The second-order valence-corrected chi connectivity index (χ2v) is 4.04. The zero-order chi connectivity index (χ0) is 10.6. The van der Waals surface area contributed by atoms with Crippen LogP contribution in [0.25, 0.3) is 0 Å². The highest BCUT2D eigenvalue weighted by atomic mass is 14.7. The molecule has 1 heterocycles. The third-order valence-corrected chi connectivity index (χ3v) is 1.46. The van der Waals surface area contributed by atoms with Gasteiger partial charge in [0.05, 0.1) is 5.56 Å². The van der Waals surface area contributed by atoms with E-state index in [9.17, 15) is 0 Å². The molecule has 70 valence electrons. The Hall–Kier alpha value is -1.80. The molecule has 0 aliphatic carbocycles. The quantitative estimate of drug-likeness (QED) is 0.580. The second-order valence-electron chi connectivity index (χ2n) is 4.04. The van der Waals surface area contributed by atoms with Crippen LogP contribution in [0.5, 0.6) is 0 Å². The molecule has 2 heteroatoms. The molecule has 0 atom stereocenters. The molecule has 1 aromatic heterocycles. The predicted molar refractivity (Wildman–Crippen MR) is 55.3 cm³/mol. The van der Waals surface area contributed by atoms with Crippen LogP contribution in [0.1, 0.15) is 32.0 Å². The maximum absolute atomic E-state index is 8.56. The van der Waals surface area contributed by atoms with E-state index in [-0.39, 0.29) is 5.41 Å². The van der Waals surface area contributed by atoms with Gasteiger partial charge in [-0.05, 0) is 38.8 Å². The zero-order valence-electron chi connectivity index (χ0n) is 8.63. The Morgan fingerprint density at radius 3 is 2.43 bits per heavy atom. The number of aromatic nitrogens is 1. The van der Waals surface area contributed by atoms with Crippen LogP contribution in [0, 0.1) is 28.6 Å². The van der Waals surface area contributed by atoms with Crippen molar-refractivity contribution in [1.29, 1.82) is 5.26 Å². The molecule has 2 nitrogen and oxygen atoms in total. The molecule has 0 saturated carbocycles. The van der Waals surface area contributed by atoms with Crippen LogP contribution in [-0.2, 0) is 0 Å². The smallest absolute Gasteiger partial charge is 0.113 e. The van der Waals surface area contributed by atoms with Gasteiger partial charge in [-0.3, -0.25) is 0 Å². The van der Waals surface area contributed by atoms with Crippen molar-refractivity contribution in [2.24, 2.45) is 5.41 Å². The van der Waals surface area contributed by atoms with Crippen LogP contribution in [0.15, 0.2) is 18.3 Å². The number of nitrogens with zero attached hydrogens (tertiary/aromatic N) is 2. The Morgan fingerprint density at radius 1 is 1.29 bits per heavy atom. The summed E-state index contributed by atoms with van der Waals surface area (Å²) in [5.41, 5.74) is 1.25. The zero-order valence-corrected chi connectivity index (χ0v) is 8.63. The fraction of sp³-hybridized carbons (Fsp3) is 0.333. The Morgan fingerprint density at radius 2 is 2.00 bits per heavy atom. The lowest BCUT2D eigenvalue weighted by Crippen LogP contribution is -1.99. The normalized spacial score (nSPS) is 9.86.